The van der Waals surface area contributed by atoms with Crippen LogP contribution in [0.3, 0.4) is 0 Å². The van der Waals surface area contributed by atoms with Crippen molar-refractivity contribution in [2.45, 2.75) is 5.92 Å². The zero-order chi connectivity index (χ0) is 11.5. The highest BCUT2D eigenvalue weighted by Crippen LogP contribution is 2.25. The molecule has 1 heterocycles. The van der Waals surface area contributed by atoms with Crippen molar-refractivity contribution in [3.05, 3.63) is 35.4 Å². The number of likely N-dealkylation sites (tertiary alicyclic amines) is 1. The third-order valence-corrected chi connectivity index (χ3v) is 3.08. The van der Waals surface area contributed by atoms with Crippen molar-refractivity contribution >= 4 is 5.78 Å². The van der Waals surface area contributed by atoms with Gasteiger partial charge in [0, 0.05) is 24.6 Å². The number of ketones is 1. The number of nitrogens with zero attached hydrogens (tertiary/aromatic N) is 1. The van der Waals surface area contributed by atoms with Crippen LogP contribution in [0.25, 0.3) is 0 Å². The first-order chi connectivity index (χ1) is 7.70. The van der Waals surface area contributed by atoms with Crippen molar-refractivity contribution in [2.75, 3.05) is 33.7 Å². The zero-order valence-corrected chi connectivity index (χ0v) is 9.86. The van der Waals surface area contributed by atoms with Crippen LogP contribution in [0.2, 0.25) is 0 Å². The predicted molar refractivity (Wildman–Crippen MR) is 64.9 cm³/mol. The quantitative estimate of drug-likeness (QED) is 0.769. The van der Waals surface area contributed by atoms with Gasteiger partial charge in [0.05, 0.1) is 6.54 Å². The van der Waals surface area contributed by atoms with Crippen LogP contribution in [-0.4, -0.2) is 44.4 Å². The van der Waals surface area contributed by atoms with Gasteiger partial charge >= 0.3 is 0 Å². The minimum absolute atomic E-state index is 0.164. The van der Waals surface area contributed by atoms with Gasteiger partial charge in [0.1, 0.15) is 0 Å². The molecule has 1 aliphatic rings. The molecular weight excluding hydrogens is 200 g/mol. The smallest absolute Gasteiger partial charge is 0.176 e. The lowest BCUT2D eigenvalue weighted by Crippen LogP contribution is -2.41. The SMILES string of the molecule is CNCC(=O)c1cccc(C2CN(C)C2)c1. The van der Waals surface area contributed by atoms with E-state index in [0.717, 1.165) is 18.7 Å². The molecule has 3 nitrogen and oxygen atoms in total. The zero-order valence-electron chi connectivity index (χ0n) is 9.86. The second kappa shape index (κ2) is 4.76. The molecule has 1 fully saturated rings. The van der Waals surface area contributed by atoms with Gasteiger partial charge in [0.15, 0.2) is 5.78 Å². The van der Waals surface area contributed by atoms with Gasteiger partial charge in [-0.25, -0.2) is 0 Å². The maximum atomic E-state index is 11.7. The lowest BCUT2D eigenvalue weighted by Gasteiger charge is -2.36. The molecule has 0 aromatic heterocycles. The van der Waals surface area contributed by atoms with E-state index in [1.165, 1.54) is 5.56 Å². The Hall–Kier alpha value is -1.19. The summed E-state index contributed by atoms with van der Waals surface area (Å²) < 4.78 is 0. The standard InChI is InChI=1S/C13H18N2O/c1-14-7-13(16)11-5-3-4-10(6-11)12-8-15(2)9-12/h3-6,12,14H,7-9H2,1-2H3. The Morgan fingerprint density at radius 1 is 1.50 bits per heavy atom. The molecule has 0 radical (unpaired) electrons. The first-order valence-corrected chi connectivity index (χ1v) is 5.67. The molecule has 1 aromatic rings. The summed E-state index contributed by atoms with van der Waals surface area (Å²) in [5.74, 6) is 0.768. The Kier molecular flexibility index (Phi) is 3.36. The molecule has 0 amide bonds. The third-order valence-electron chi connectivity index (χ3n) is 3.08. The van der Waals surface area contributed by atoms with Crippen LogP contribution in [0, 0.1) is 0 Å². The maximum absolute atomic E-state index is 11.7. The van der Waals surface area contributed by atoms with Crippen molar-refractivity contribution < 1.29 is 4.79 Å². The topological polar surface area (TPSA) is 32.3 Å². The maximum Gasteiger partial charge on any atom is 0.176 e. The second-order valence-electron chi connectivity index (χ2n) is 4.50. The highest BCUT2D eigenvalue weighted by atomic mass is 16.1. The molecule has 16 heavy (non-hydrogen) atoms. The van der Waals surface area contributed by atoms with Gasteiger partial charge in [-0.05, 0) is 25.7 Å². The van der Waals surface area contributed by atoms with Crippen LogP contribution in [-0.2, 0) is 0 Å². The van der Waals surface area contributed by atoms with E-state index in [1.54, 1.807) is 7.05 Å². The summed E-state index contributed by atoms with van der Waals surface area (Å²) in [5, 5.41) is 2.89. The van der Waals surface area contributed by atoms with Crippen molar-refractivity contribution in [1.29, 1.82) is 0 Å². The second-order valence-corrected chi connectivity index (χ2v) is 4.50. The van der Waals surface area contributed by atoms with E-state index in [4.69, 9.17) is 0 Å². The van der Waals surface area contributed by atoms with Gasteiger partial charge < -0.3 is 10.2 Å². The fraction of sp³-hybridized carbons (Fsp3) is 0.462. The van der Waals surface area contributed by atoms with Crippen LogP contribution in [0.4, 0.5) is 0 Å². The van der Waals surface area contributed by atoms with Gasteiger partial charge in [-0.15, -0.1) is 0 Å². The number of hydrogen-bond acceptors (Lipinski definition) is 3. The highest BCUT2D eigenvalue weighted by molar-refractivity contribution is 5.97. The number of carbonyl (C=O) groups excluding carboxylic acids is 1. The van der Waals surface area contributed by atoms with Gasteiger partial charge in [-0.3, -0.25) is 4.79 Å². The summed E-state index contributed by atoms with van der Waals surface area (Å²) in [5.41, 5.74) is 2.11. The molecule has 3 heteroatoms. The number of hydrogen-bond donors (Lipinski definition) is 1. The third kappa shape index (κ3) is 2.31. The Morgan fingerprint density at radius 3 is 2.88 bits per heavy atom. The fourth-order valence-electron chi connectivity index (χ4n) is 2.14. The van der Waals surface area contributed by atoms with Crippen LogP contribution in [0.1, 0.15) is 21.8 Å². The number of carbonyl (C=O) groups is 1. The van der Waals surface area contributed by atoms with Crippen molar-refractivity contribution in [3.8, 4) is 0 Å². The summed E-state index contributed by atoms with van der Waals surface area (Å²) in [6.45, 7) is 2.61. The summed E-state index contributed by atoms with van der Waals surface area (Å²) in [7, 11) is 3.91. The molecule has 0 spiro atoms. The van der Waals surface area contributed by atoms with Gasteiger partial charge in [0.2, 0.25) is 0 Å². The molecule has 1 saturated heterocycles. The summed E-state index contributed by atoms with van der Waals surface area (Å²) >= 11 is 0. The van der Waals surface area contributed by atoms with E-state index in [-0.39, 0.29) is 5.78 Å². The normalized spacial score (nSPS) is 17.1. The summed E-state index contributed by atoms with van der Waals surface area (Å²) in [6, 6.07) is 8.03. The number of Topliss-reactive ketones (excluding diaryl/α,β-unsaturated/α-hetero) is 1. The predicted octanol–water partition coefficient (Wildman–Crippen LogP) is 1.12. The summed E-state index contributed by atoms with van der Waals surface area (Å²) in [6.07, 6.45) is 0. The first-order valence-electron chi connectivity index (χ1n) is 5.67. The minimum Gasteiger partial charge on any atom is -0.313 e. The Labute approximate surface area is 96.5 Å². The molecule has 0 atom stereocenters. The monoisotopic (exact) mass is 218 g/mol. The largest absolute Gasteiger partial charge is 0.313 e. The van der Waals surface area contributed by atoms with E-state index in [2.05, 4.69) is 23.3 Å². The fourth-order valence-corrected chi connectivity index (χ4v) is 2.14. The molecule has 0 aliphatic carbocycles. The molecule has 1 aromatic carbocycles. The number of rotatable bonds is 4. The van der Waals surface area contributed by atoms with Gasteiger partial charge in [0.25, 0.3) is 0 Å². The molecule has 1 aliphatic heterocycles. The van der Waals surface area contributed by atoms with Gasteiger partial charge in [-0.1, -0.05) is 18.2 Å². The average Bonchev–Trinajstić information content (AvgIpc) is 2.25. The van der Waals surface area contributed by atoms with Crippen LogP contribution >= 0.6 is 0 Å². The number of likely N-dealkylation sites (N-methyl/N-ethyl adjacent to an activating group) is 2. The van der Waals surface area contributed by atoms with Gasteiger partial charge in [-0.2, -0.15) is 0 Å². The molecule has 0 saturated carbocycles. The molecule has 86 valence electrons. The molecule has 0 unspecified atom stereocenters. The summed E-state index contributed by atoms with van der Waals surface area (Å²) in [4.78, 5) is 14.0. The van der Waals surface area contributed by atoms with E-state index in [0.29, 0.717) is 12.5 Å². The average molecular weight is 218 g/mol. The van der Waals surface area contributed by atoms with E-state index in [9.17, 15) is 4.79 Å². The van der Waals surface area contributed by atoms with Crippen molar-refractivity contribution in [3.63, 3.8) is 0 Å². The number of nitrogens with one attached hydrogen (secondary N) is 1. The molecular formula is C13H18N2O. The Balaban J connectivity index is 2.10. The van der Waals surface area contributed by atoms with E-state index < -0.39 is 0 Å². The van der Waals surface area contributed by atoms with E-state index >= 15 is 0 Å². The van der Waals surface area contributed by atoms with Crippen molar-refractivity contribution in [2.24, 2.45) is 0 Å². The Bertz CT molecular complexity index is 383. The van der Waals surface area contributed by atoms with Crippen LogP contribution in [0.5, 0.6) is 0 Å². The highest BCUT2D eigenvalue weighted by Gasteiger charge is 2.24. The van der Waals surface area contributed by atoms with Crippen LogP contribution in [0.15, 0.2) is 24.3 Å². The lowest BCUT2D eigenvalue weighted by atomic mass is 9.90. The molecule has 0 bridgehead atoms. The minimum atomic E-state index is 0.164. The number of benzene rings is 1. The van der Waals surface area contributed by atoms with Crippen LogP contribution < -0.4 is 5.32 Å². The molecule has 2 rings (SSSR count). The first kappa shape index (κ1) is 11.3. The Morgan fingerprint density at radius 2 is 2.25 bits per heavy atom. The van der Waals surface area contributed by atoms with E-state index in [1.807, 2.05) is 18.2 Å². The molecule has 1 N–H and O–H groups in total. The lowest BCUT2D eigenvalue weighted by molar-refractivity contribution is 0.0993. The van der Waals surface area contributed by atoms with Crippen molar-refractivity contribution in [1.82, 2.24) is 10.2 Å².